The second-order valence-electron chi connectivity index (χ2n) is 7.88. The fraction of sp³-hybridized carbons (Fsp3) is 0.474. The molecule has 142 valence electrons. The largest absolute Gasteiger partial charge is 0.334 e. The second-order valence-corrected chi connectivity index (χ2v) is 7.88. The number of aromatic nitrogens is 4. The van der Waals surface area contributed by atoms with E-state index >= 15 is 0 Å². The Kier molecular flexibility index (Phi) is 4.53. The van der Waals surface area contributed by atoms with Crippen LogP contribution in [-0.4, -0.2) is 51.9 Å². The molecule has 0 amide bonds. The Morgan fingerprint density at radius 3 is 2.33 bits per heavy atom. The minimum Gasteiger partial charge on any atom is -0.334 e. The van der Waals surface area contributed by atoms with Crippen molar-refractivity contribution in [2.45, 2.75) is 32.2 Å². The van der Waals surface area contributed by atoms with Gasteiger partial charge in [-0.1, -0.05) is 43.2 Å². The van der Waals surface area contributed by atoms with Crippen molar-refractivity contribution in [2.75, 3.05) is 26.7 Å². The first-order valence-corrected chi connectivity index (χ1v) is 9.12. The minimum atomic E-state index is -0.188. The van der Waals surface area contributed by atoms with Crippen molar-refractivity contribution in [3.05, 3.63) is 35.9 Å². The summed E-state index contributed by atoms with van der Waals surface area (Å²) in [5.41, 5.74) is 1.38. The summed E-state index contributed by atoms with van der Waals surface area (Å²) in [4.78, 5) is 11.4. The lowest BCUT2D eigenvalue weighted by atomic mass is 9.96. The molecule has 1 atom stereocenters. The second kappa shape index (κ2) is 6.86. The Balaban J connectivity index is 1.69. The lowest BCUT2D eigenvalue weighted by Gasteiger charge is -2.30. The molecule has 27 heavy (non-hydrogen) atoms. The van der Waals surface area contributed by atoms with Gasteiger partial charge in [0.25, 0.3) is 11.8 Å². The fourth-order valence-electron chi connectivity index (χ4n) is 3.07. The zero-order valence-electron chi connectivity index (χ0n) is 16.1. The summed E-state index contributed by atoms with van der Waals surface area (Å²) in [5.74, 6) is 2.24. The van der Waals surface area contributed by atoms with Crippen molar-refractivity contribution in [2.24, 2.45) is 0 Å². The van der Waals surface area contributed by atoms with Crippen LogP contribution in [0.4, 0.5) is 0 Å². The van der Waals surface area contributed by atoms with E-state index in [4.69, 9.17) is 9.05 Å². The molecule has 0 bridgehead atoms. The van der Waals surface area contributed by atoms with Crippen molar-refractivity contribution >= 4 is 0 Å². The van der Waals surface area contributed by atoms with E-state index < -0.39 is 0 Å². The topological polar surface area (TPSA) is 93.1 Å². The van der Waals surface area contributed by atoms with Crippen molar-refractivity contribution in [1.29, 1.82) is 0 Å². The van der Waals surface area contributed by atoms with Gasteiger partial charge in [0, 0.05) is 25.0 Å². The van der Waals surface area contributed by atoms with Crippen molar-refractivity contribution in [3.8, 4) is 22.9 Å². The molecule has 0 aliphatic carbocycles. The lowest BCUT2D eigenvalue weighted by molar-refractivity contribution is 0.190. The van der Waals surface area contributed by atoms with Crippen molar-refractivity contribution < 1.29 is 9.05 Å². The minimum absolute atomic E-state index is 0.0966. The third kappa shape index (κ3) is 3.50. The maximum Gasteiger partial charge on any atom is 0.258 e. The summed E-state index contributed by atoms with van der Waals surface area (Å²) in [5, 5.41) is 11.7. The Labute approximate surface area is 158 Å². The highest BCUT2D eigenvalue weighted by molar-refractivity contribution is 5.75. The van der Waals surface area contributed by atoms with Crippen LogP contribution < -0.4 is 5.32 Å². The van der Waals surface area contributed by atoms with Crippen molar-refractivity contribution in [3.63, 3.8) is 0 Å². The Morgan fingerprint density at radius 1 is 1.04 bits per heavy atom. The highest BCUT2D eigenvalue weighted by atomic mass is 16.5. The molecule has 0 radical (unpaired) electrons. The van der Waals surface area contributed by atoms with Crippen LogP contribution in [0.25, 0.3) is 22.9 Å². The van der Waals surface area contributed by atoms with Gasteiger partial charge in [-0.2, -0.15) is 9.97 Å². The molecule has 1 aromatic carbocycles. The molecule has 2 aromatic heterocycles. The van der Waals surface area contributed by atoms with Gasteiger partial charge in [-0.25, -0.2) is 0 Å². The molecule has 8 heteroatoms. The van der Waals surface area contributed by atoms with Crippen LogP contribution in [0.15, 0.2) is 33.3 Å². The maximum absolute atomic E-state index is 5.58. The van der Waals surface area contributed by atoms with Crippen LogP contribution >= 0.6 is 0 Å². The van der Waals surface area contributed by atoms with Crippen LogP contribution in [0.2, 0.25) is 0 Å². The molecular weight excluding hydrogens is 344 g/mol. The molecule has 3 heterocycles. The van der Waals surface area contributed by atoms with Crippen LogP contribution in [0.1, 0.15) is 38.5 Å². The van der Waals surface area contributed by atoms with E-state index in [1.54, 1.807) is 0 Å². The summed E-state index contributed by atoms with van der Waals surface area (Å²) < 4.78 is 11.1. The van der Waals surface area contributed by atoms with Crippen LogP contribution in [-0.2, 0) is 5.41 Å². The zero-order valence-corrected chi connectivity index (χ0v) is 16.1. The summed E-state index contributed by atoms with van der Waals surface area (Å²) in [7, 11) is 2.07. The number of nitrogens with one attached hydrogen (secondary N) is 1. The van der Waals surface area contributed by atoms with Gasteiger partial charge in [-0.3, -0.25) is 4.90 Å². The van der Waals surface area contributed by atoms with E-state index in [2.05, 4.69) is 37.5 Å². The Morgan fingerprint density at radius 2 is 1.70 bits per heavy atom. The normalized spacial score (nSPS) is 18.7. The smallest absolute Gasteiger partial charge is 0.258 e. The van der Waals surface area contributed by atoms with Crippen LogP contribution in [0.5, 0.6) is 0 Å². The molecule has 3 aromatic rings. The maximum atomic E-state index is 5.58. The quantitative estimate of drug-likeness (QED) is 0.754. The fourth-order valence-corrected chi connectivity index (χ4v) is 3.07. The SMILES string of the molecule is CN1CCNCC1c1noc(-c2ccccc2-c2nc(C(C)(C)C)no2)n1. The van der Waals surface area contributed by atoms with Gasteiger partial charge in [0.05, 0.1) is 17.2 Å². The molecule has 1 fully saturated rings. The third-order valence-electron chi connectivity index (χ3n) is 4.74. The molecular formula is C19H24N6O2. The third-order valence-corrected chi connectivity index (χ3v) is 4.74. The van der Waals surface area contributed by atoms with Gasteiger partial charge >= 0.3 is 0 Å². The molecule has 8 nitrogen and oxygen atoms in total. The van der Waals surface area contributed by atoms with E-state index in [-0.39, 0.29) is 11.5 Å². The van der Waals surface area contributed by atoms with Gasteiger partial charge in [0.1, 0.15) is 0 Å². The number of nitrogens with zero attached hydrogens (tertiary/aromatic N) is 5. The number of likely N-dealkylation sites (N-methyl/N-ethyl adjacent to an activating group) is 1. The van der Waals surface area contributed by atoms with Gasteiger partial charge in [-0.15, -0.1) is 0 Å². The average Bonchev–Trinajstić information content (AvgIpc) is 3.32. The van der Waals surface area contributed by atoms with Gasteiger partial charge in [0.2, 0.25) is 0 Å². The zero-order chi connectivity index (χ0) is 19.0. The molecule has 1 saturated heterocycles. The molecule has 1 unspecified atom stereocenters. The lowest BCUT2D eigenvalue weighted by Crippen LogP contribution is -2.44. The molecule has 1 N–H and O–H groups in total. The average molecular weight is 368 g/mol. The van der Waals surface area contributed by atoms with Gasteiger partial charge < -0.3 is 14.4 Å². The van der Waals surface area contributed by atoms with E-state index in [1.807, 2.05) is 45.0 Å². The summed E-state index contributed by atoms with van der Waals surface area (Å²) in [6, 6.07) is 7.80. The van der Waals surface area contributed by atoms with Crippen molar-refractivity contribution in [1.82, 2.24) is 30.5 Å². The highest BCUT2D eigenvalue weighted by Gasteiger charge is 2.27. The van der Waals surface area contributed by atoms with E-state index in [1.165, 1.54) is 0 Å². The Hall–Kier alpha value is -2.58. The predicted octanol–water partition coefficient (Wildman–Crippen LogP) is 2.66. The monoisotopic (exact) mass is 368 g/mol. The van der Waals surface area contributed by atoms with E-state index in [0.717, 1.165) is 30.8 Å². The molecule has 4 rings (SSSR count). The first-order valence-electron chi connectivity index (χ1n) is 9.12. The molecule has 1 aliphatic rings. The summed E-state index contributed by atoms with van der Waals surface area (Å²) >= 11 is 0. The number of rotatable bonds is 3. The predicted molar refractivity (Wildman–Crippen MR) is 100.0 cm³/mol. The highest BCUT2D eigenvalue weighted by Crippen LogP contribution is 2.32. The number of hydrogen-bond acceptors (Lipinski definition) is 8. The van der Waals surface area contributed by atoms with E-state index in [0.29, 0.717) is 23.4 Å². The first kappa shape index (κ1) is 17.8. The van der Waals surface area contributed by atoms with Crippen LogP contribution in [0.3, 0.4) is 0 Å². The molecule has 0 spiro atoms. The summed E-state index contributed by atoms with van der Waals surface area (Å²) in [6.45, 7) is 8.86. The molecule has 0 saturated carbocycles. The van der Waals surface area contributed by atoms with E-state index in [9.17, 15) is 0 Å². The number of benzene rings is 1. The van der Waals surface area contributed by atoms with Gasteiger partial charge in [-0.05, 0) is 19.2 Å². The first-order chi connectivity index (χ1) is 12.9. The standard InChI is InChI=1S/C19H24N6O2/c1-19(2,3)18-22-17(27-24-18)13-8-6-5-7-12(13)16-21-15(23-26-16)14-11-20-9-10-25(14)4/h5-8,14,20H,9-11H2,1-4H3. The molecule has 1 aliphatic heterocycles. The Bertz CT molecular complexity index is 926. The number of piperazine rings is 1. The summed E-state index contributed by atoms with van der Waals surface area (Å²) in [6.07, 6.45) is 0. The number of hydrogen-bond donors (Lipinski definition) is 1. The van der Waals surface area contributed by atoms with Crippen LogP contribution in [0, 0.1) is 0 Å². The van der Waals surface area contributed by atoms with Gasteiger partial charge in [0.15, 0.2) is 11.6 Å².